The molecule has 0 aliphatic carbocycles. The lowest BCUT2D eigenvalue weighted by atomic mass is 10.2. The van der Waals surface area contributed by atoms with Crippen molar-refractivity contribution in [1.29, 1.82) is 0 Å². The van der Waals surface area contributed by atoms with Crippen LogP contribution in [0.5, 0.6) is 0 Å². The van der Waals surface area contributed by atoms with E-state index in [2.05, 4.69) is 21.4 Å². The van der Waals surface area contributed by atoms with E-state index in [9.17, 15) is 0 Å². The SMILES string of the molecule is Clc1cc(Cc2cccs2)ncn1. The third-order valence-electron chi connectivity index (χ3n) is 1.63. The van der Waals surface area contributed by atoms with E-state index in [0.29, 0.717) is 5.15 Å². The summed E-state index contributed by atoms with van der Waals surface area (Å²) in [6.07, 6.45) is 2.32. The fraction of sp³-hybridized carbons (Fsp3) is 0.111. The minimum absolute atomic E-state index is 0.501. The van der Waals surface area contributed by atoms with Gasteiger partial charge in [-0.25, -0.2) is 9.97 Å². The Morgan fingerprint density at radius 2 is 2.31 bits per heavy atom. The van der Waals surface area contributed by atoms with Crippen molar-refractivity contribution in [3.05, 3.63) is 45.6 Å². The number of aromatic nitrogens is 2. The summed E-state index contributed by atoms with van der Waals surface area (Å²) in [6, 6.07) is 5.91. The lowest BCUT2D eigenvalue weighted by molar-refractivity contribution is 1.04. The van der Waals surface area contributed by atoms with Gasteiger partial charge in [0.25, 0.3) is 0 Å². The molecule has 0 spiro atoms. The van der Waals surface area contributed by atoms with Gasteiger partial charge in [0.1, 0.15) is 11.5 Å². The minimum Gasteiger partial charge on any atom is -0.241 e. The molecular formula is C9H7ClN2S. The van der Waals surface area contributed by atoms with E-state index in [1.165, 1.54) is 11.2 Å². The highest BCUT2D eigenvalue weighted by Crippen LogP contribution is 2.14. The summed E-state index contributed by atoms with van der Waals surface area (Å²) < 4.78 is 0. The lowest BCUT2D eigenvalue weighted by Gasteiger charge is -1.96. The zero-order valence-corrected chi connectivity index (χ0v) is 8.35. The van der Waals surface area contributed by atoms with Crippen molar-refractivity contribution in [2.75, 3.05) is 0 Å². The normalized spacial score (nSPS) is 10.2. The van der Waals surface area contributed by atoms with Gasteiger partial charge in [0.15, 0.2) is 0 Å². The highest BCUT2D eigenvalue weighted by atomic mass is 35.5. The molecule has 0 unspecified atom stereocenters. The molecule has 2 rings (SSSR count). The summed E-state index contributed by atoms with van der Waals surface area (Å²) >= 11 is 7.46. The van der Waals surface area contributed by atoms with Crippen LogP contribution >= 0.6 is 22.9 Å². The molecule has 0 atom stereocenters. The van der Waals surface area contributed by atoms with E-state index < -0.39 is 0 Å². The van der Waals surface area contributed by atoms with Gasteiger partial charge in [-0.15, -0.1) is 11.3 Å². The molecule has 2 aromatic rings. The fourth-order valence-electron chi connectivity index (χ4n) is 1.06. The first-order valence-electron chi connectivity index (χ1n) is 3.83. The fourth-order valence-corrected chi connectivity index (χ4v) is 1.95. The van der Waals surface area contributed by atoms with E-state index in [1.807, 2.05) is 6.07 Å². The molecular weight excluding hydrogens is 204 g/mol. The molecule has 0 N–H and O–H groups in total. The van der Waals surface area contributed by atoms with E-state index in [0.717, 1.165) is 12.1 Å². The zero-order valence-electron chi connectivity index (χ0n) is 6.77. The number of hydrogen-bond acceptors (Lipinski definition) is 3. The van der Waals surface area contributed by atoms with Crippen LogP contribution in [0.25, 0.3) is 0 Å². The quantitative estimate of drug-likeness (QED) is 0.713. The Kier molecular flexibility index (Phi) is 2.57. The van der Waals surface area contributed by atoms with Crippen LogP contribution in [-0.4, -0.2) is 9.97 Å². The van der Waals surface area contributed by atoms with E-state index in [1.54, 1.807) is 17.4 Å². The van der Waals surface area contributed by atoms with E-state index >= 15 is 0 Å². The Morgan fingerprint density at radius 1 is 1.38 bits per heavy atom. The van der Waals surface area contributed by atoms with Crippen LogP contribution in [-0.2, 0) is 6.42 Å². The molecule has 0 bridgehead atoms. The van der Waals surface area contributed by atoms with Crippen LogP contribution in [0.4, 0.5) is 0 Å². The average Bonchev–Trinajstić information content (AvgIpc) is 2.57. The Bertz CT molecular complexity index is 386. The Hall–Kier alpha value is -0.930. The molecule has 0 saturated heterocycles. The number of halogens is 1. The molecule has 4 heteroatoms. The summed E-state index contributed by atoms with van der Waals surface area (Å²) in [7, 11) is 0. The predicted molar refractivity (Wildman–Crippen MR) is 54.2 cm³/mol. The van der Waals surface area contributed by atoms with Crippen LogP contribution in [0.1, 0.15) is 10.6 Å². The Morgan fingerprint density at radius 3 is 3.00 bits per heavy atom. The predicted octanol–water partition coefficient (Wildman–Crippen LogP) is 2.78. The summed E-state index contributed by atoms with van der Waals surface area (Å²) in [5, 5.41) is 2.56. The lowest BCUT2D eigenvalue weighted by Crippen LogP contribution is -1.90. The number of thiophene rings is 1. The second-order valence-corrected chi connectivity index (χ2v) is 4.01. The average molecular weight is 211 g/mol. The zero-order chi connectivity index (χ0) is 9.10. The van der Waals surface area contributed by atoms with Gasteiger partial charge in [-0.3, -0.25) is 0 Å². The van der Waals surface area contributed by atoms with E-state index in [4.69, 9.17) is 11.6 Å². The van der Waals surface area contributed by atoms with Crippen LogP contribution in [0.3, 0.4) is 0 Å². The van der Waals surface area contributed by atoms with Crippen LogP contribution in [0.15, 0.2) is 29.9 Å². The monoisotopic (exact) mass is 210 g/mol. The number of rotatable bonds is 2. The third-order valence-corrected chi connectivity index (χ3v) is 2.71. The molecule has 0 amide bonds. The largest absolute Gasteiger partial charge is 0.241 e. The maximum Gasteiger partial charge on any atom is 0.132 e. The molecule has 2 aromatic heterocycles. The Labute approximate surface area is 85.2 Å². The van der Waals surface area contributed by atoms with Crippen molar-refractivity contribution in [2.45, 2.75) is 6.42 Å². The van der Waals surface area contributed by atoms with Crippen molar-refractivity contribution in [3.8, 4) is 0 Å². The van der Waals surface area contributed by atoms with Crippen molar-refractivity contribution in [2.24, 2.45) is 0 Å². The van der Waals surface area contributed by atoms with Crippen molar-refractivity contribution < 1.29 is 0 Å². The van der Waals surface area contributed by atoms with Gasteiger partial charge < -0.3 is 0 Å². The topological polar surface area (TPSA) is 25.8 Å². The molecule has 2 nitrogen and oxygen atoms in total. The summed E-state index contributed by atoms with van der Waals surface area (Å²) in [5.41, 5.74) is 0.961. The number of nitrogens with zero attached hydrogens (tertiary/aromatic N) is 2. The maximum absolute atomic E-state index is 5.74. The highest BCUT2D eigenvalue weighted by Gasteiger charge is 1.99. The maximum atomic E-state index is 5.74. The van der Waals surface area contributed by atoms with Crippen molar-refractivity contribution in [1.82, 2.24) is 9.97 Å². The van der Waals surface area contributed by atoms with Gasteiger partial charge in [0.2, 0.25) is 0 Å². The van der Waals surface area contributed by atoms with Crippen LogP contribution in [0.2, 0.25) is 5.15 Å². The molecule has 13 heavy (non-hydrogen) atoms. The summed E-state index contributed by atoms with van der Waals surface area (Å²) in [4.78, 5) is 9.24. The molecule has 0 fully saturated rings. The van der Waals surface area contributed by atoms with Crippen LogP contribution in [0, 0.1) is 0 Å². The first-order valence-corrected chi connectivity index (χ1v) is 5.09. The second kappa shape index (κ2) is 3.85. The molecule has 2 heterocycles. The first-order chi connectivity index (χ1) is 6.34. The van der Waals surface area contributed by atoms with E-state index in [-0.39, 0.29) is 0 Å². The molecule has 0 aliphatic rings. The highest BCUT2D eigenvalue weighted by molar-refractivity contribution is 7.09. The van der Waals surface area contributed by atoms with Gasteiger partial charge in [0, 0.05) is 11.3 Å². The molecule has 0 radical (unpaired) electrons. The molecule has 66 valence electrons. The van der Waals surface area contributed by atoms with Gasteiger partial charge >= 0.3 is 0 Å². The third kappa shape index (κ3) is 2.26. The molecule has 0 aliphatic heterocycles. The molecule has 0 aromatic carbocycles. The summed E-state index contributed by atoms with van der Waals surface area (Å²) in [5.74, 6) is 0. The van der Waals surface area contributed by atoms with Gasteiger partial charge in [0.05, 0.1) is 5.69 Å². The molecule has 0 saturated carbocycles. The van der Waals surface area contributed by atoms with Gasteiger partial charge in [-0.05, 0) is 17.5 Å². The van der Waals surface area contributed by atoms with Crippen molar-refractivity contribution >= 4 is 22.9 Å². The minimum atomic E-state index is 0.501. The standard InChI is InChI=1S/C9H7ClN2S/c10-9-5-7(11-6-12-9)4-8-2-1-3-13-8/h1-3,5-6H,4H2. The van der Waals surface area contributed by atoms with Crippen LogP contribution < -0.4 is 0 Å². The number of hydrogen-bond donors (Lipinski definition) is 0. The van der Waals surface area contributed by atoms with Crippen molar-refractivity contribution in [3.63, 3.8) is 0 Å². The first kappa shape index (κ1) is 8.66. The smallest absolute Gasteiger partial charge is 0.132 e. The Balaban J connectivity index is 2.19. The second-order valence-electron chi connectivity index (χ2n) is 2.59. The van der Waals surface area contributed by atoms with Gasteiger partial charge in [-0.2, -0.15) is 0 Å². The summed E-state index contributed by atoms with van der Waals surface area (Å²) in [6.45, 7) is 0. The van der Waals surface area contributed by atoms with Gasteiger partial charge in [-0.1, -0.05) is 17.7 Å².